The number of benzene rings is 4. The fraction of sp³-hybridized carbons (Fsp3) is 0.206. The van der Waals surface area contributed by atoms with Crippen LogP contribution in [0.4, 0.5) is 0 Å². The van der Waals surface area contributed by atoms with Gasteiger partial charge in [0.05, 0.1) is 13.2 Å². The first-order chi connectivity index (χ1) is 19.2. The summed E-state index contributed by atoms with van der Waals surface area (Å²) in [5, 5.41) is 3.37. The number of hydrogen-bond donors (Lipinski definition) is 0. The topological polar surface area (TPSA) is 38.8 Å². The molecule has 0 unspecified atom stereocenters. The quantitative estimate of drug-likeness (QED) is 0.128. The van der Waals surface area contributed by atoms with Gasteiger partial charge in [-0.2, -0.15) is 0 Å². The van der Waals surface area contributed by atoms with Crippen LogP contribution in [0.15, 0.2) is 121 Å². The third-order valence-electron chi connectivity index (χ3n) is 6.99. The van der Waals surface area contributed by atoms with Gasteiger partial charge in [0.25, 0.3) is 0 Å². The van der Waals surface area contributed by atoms with Crippen LogP contribution in [-0.4, -0.2) is 44.2 Å². The van der Waals surface area contributed by atoms with E-state index < -0.39 is 5.60 Å². The first-order valence-corrected chi connectivity index (χ1v) is 14.1. The van der Waals surface area contributed by atoms with Gasteiger partial charge in [-0.25, -0.2) is 0 Å². The van der Waals surface area contributed by atoms with Crippen molar-refractivity contribution in [2.45, 2.75) is 12.0 Å². The summed E-state index contributed by atoms with van der Waals surface area (Å²) >= 11 is 1.74. The van der Waals surface area contributed by atoms with Gasteiger partial charge in [-0.3, -0.25) is 4.79 Å². The average Bonchev–Trinajstić information content (AvgIpc) is 3.47. The molecule has 0 atom stereocenters. The molecular formula is C34H33NO3S. The second-order valence-corrected chi connectivity index (χ2v) is 10.5. The highest BCUT2D eigenvalue weighted by molar-refractivity contribution is 7.17. The molecule has 0 aliphatic rings. The molecule has 0 N–H and O–H groups in total. The molecule has 5 aromatic rings. The van der Waals surface area contributed by atoms with Gasteiger partial charge >= 0.3 is 0 Å². The summed E-state index contributed by atoms with van der Waals surface area (Å²) in [6.45, 7) is 1.37. The number of amides is 1. The number of ether oxygens (including phenoxy) is 2. The van der Waals surface area contributed by atoms with Crippen LogP contribution in [-0.2, 0) is 26.3 Å². The Labute approximate surface area is 234 Å². The lowest BCUT2D eigenvalue weighted by atomic mass is 9.80. The van der Waals surface area contributed by atoms with Gasteiger partial charge in [0.1, 0.15) is 12.2 Å². The molecule has 0 aliphatic carbocycles. The molecule has 4 aromatic carbocycles. The molecule has 5 rings (SSSR count). The maximum Gasteiger partial charge on any atom is 0.248 e. The fourth-order valence-electron chi connectivity index (χ4n) is 4.84. The molecule has 1 heterocycles. The second kappa shape index (κ2) is 12.9. The van der Waals surface area contributed by atoms with Gasteiger partial charge in [0.2, 0.25) is 5.91 Å². The molecule has 0 fully saturated rings. The maximum absolute atomic E-state index is 12.8. The highest BCUT2D eigenvalue weighted by Gasteiger charge is 2.37. The molecule has 5 heteroatoms. The van der Waals surface area contributed by atoms with Gasteiger partial charge < -0.3 is 14.4 Å². The zero-order valence-corrected chi connectivity index (χ0v) is 23.0. The Morgan fingerprint density at radius 2 is 1.36 bits per heavy atom. The number of carbonyl (C=O) groups excluding carboxylic acids is 1. The maximum atomic E-state index is 12.8. The minimum atomic E-state index is -0.798. The van der Waals surface area contributed by atoms with E-state index in [1.54, 1.807) is 23.3 Å². The van der Waals surface area contributed by atoms with Gasteiger partial charge in [-0.1, -0.05) is 103 Å². The smallest absolute Gasteiger partial charge is 0.248 e. The monoisotopic (exact) mass is 535 g/mol. The van der Waals surface area contributed by atoms with Crippen molar-refractivity contribution in [3.8, 4) is 0 Å². The van der Waals surface area contributed by atoms with Gasteiger partial charge in [0, 0.05) is 18.3 Å². The molecule has 4 nitrogen and oxygen atoms in total. The van der Waals surface area contributed by atoms with Crippen molar-refractivity contribution in [2.75, 3.05) is 33.4 Å². The summed E-state index contributed by atoms with van der Waals surface area (Å²) in [6, 6.07) is 39.4. The molecule has 0 spiro atoms. The van der Waals surface area contributed by atoms with Crippen LogP contribution in [0, 0.1) is 0 Å². The molecule has 39 heavy (non-hydrogen) atoms. The van der Waals surface area contributed by atoms with Gasteiger partial charge in [-0.15, -0.1) is 11.3 Å². The van der Waals surface area contributed by atoms with Crippen LogP contribution in [0.25, 0.3) is 10.1 Å². The Kier molecular flexibility index (Phi) is 8.84. The number of thiophene rings is 1. The summed E-state index contributed by atoms with van der Waals surface area (Å²) in [5.41, 5.74) is 3.55. The Morgan fingerprint density at radius 1 is 0.769 bits per heavy atom. The average molecular weight is 536 g/mol. The Morgan fingerprint density at radius 3 is 1.95 bits per heavy atom. The lowest BCUT2D eigenvalue weighted by Gasteiger charge is -2.36. The minimum Gasteiger partial charge on any atom is -0.371 e. The predicted octanol–water partition coefficient (Wildman–Crippen LogP) is 6.93. The van der Waals surface area contributed by atoms with Crippen LogP contribution >= 0.6 is 11.3 Å². The first kappa shape index (κ1) is 26.8. The van der Waals surface area contributed by atoms with Crippen molar-refractivity contribution >= 4 is 27.3 Å². The predicted molar refractivity (Wildman–Crippen MR) is 159 cm³/mol. The van der Waals surface area contributed by atoms with E-state index in [1.165, 1.54) is 15.6 Å². The highest BCUT2D eigenvalue weighted by atomic mass is 32.1. The summed E-state index contributed by atoms with van der Waals surface area (Å²) in [5.74, 6) is -0.0583. The van der Waals surface area contributed by atoms with Crippen LogP contribution in [0.1, 0.15) is 22.3 Å². The molecule has 0 radical (unpaired) electrons. The Hall–Kier alpha value is -3.77. The fourth-order valence-corrected chi connectivity index (χ4v) is 5.70. The van der Waals surface area contributed by atoms with Crippen molar-refractivity contribution in [2.24, 2.45) is 0 Å². The summed E-state index contributed by atoms with van der Waals surface area (Å²) in [4.78, 5) is 14.5. The number of carbonyl (C=O) groups is 1. The Bertz CT molecular complexity index is 1370. The summed E-state index contributed by atoms with van der Waals surface area (Å²) in [6.07, 6.45) is 0.779. The molecule has 0 aliphatic heterocycles. The van der Waals surface area contributed by atoms with Crippen molar-refractivity contribution in [3.63, 3.8) is 0 Å². The molecular weight excluding hydrogens is 502 g/mol. The van der Waals surface area contributed by atoms with E-state index in [-0.39, 0.29) is 12.5 Å². The van der Waals surface area contributed by atoms with E-state index in [0.29, 0.717) is 19.8 Å². The van der Waals surface area contributed by atoms with Crippen LogP contribution in [0.2, 0.25) is 0 Å². The van der Waals surface area contributed by atoms with E-state index in [9.17, 15) is 4.79 Å². The normalized spacial score (nSPS) is 11.5. The van der Waals surface area contributed by atoms with E-state index in [0.717, 1.165) is 23.1 Å². The lowest BCUT2D eigenvalue weighted by Crippen LogP contribution is -2.38. The van der Waals surface area contributed by atoms with Crippen LogP contribution in [0.5, 0.6) is 0 Å². The van der Waals surface area contributed by atoms with Crippen molar-refractivity contribution in [1.82, 2.24) is 4.90 Å². The van der Waals surface area contributed by atoms with E-state index in [2.05, 4.69) is 66.0 Å². The summed E-state index contributed by atoms with van der Waals surface area (Å²) in [7, 11) is 1.80. The van der Waals surface area contributed by atoms with Crippen LogP contribution < -0.4 is 0 Å². The van der Waals surface area contributed by atoms with Crippen molar-refractivity contribution in [3.05, 3.63) is 143 Å². The van der Waals surface area contributed by atoms with Crippen molar-refractivity contribution in [1.29, 1.82) is 0 Å². The third-order valence-corrected chi connectivity index (χ3v) is 7.87. The summed E-state index contributed by atoms with van der Waals surface area (Å²) < 4.78 is 13.8. The largest absolute Gasteiger partial charge is 0.371 e. The van der Waals surface area contributed by atoms with E-state index in [4.69, 9.17) is 9.47 Å². The van der Waals surface area contributed by atoms with E-state index in [1.807, 2.05) is 54.6 Å². The highest BCUT2D eigenvalue weighted by Crippen LogP contribution is 2.40. The second-order valence-electron chi connectivity index (χ2n) is 9.54. The van der Waals surface area contributed by atoms with Crippen molar-refractivity contribution < 1.29 is 14.3 Å². The number of hydrogen-bond acceptors (Lipinski definition) is 4. The molecule has 198 valence electrons. The molecule has 1 aromatic heterocycles. The number of rotatable bonds is 12. The number of nitrogens with zero attached hydrogens (tertiary/aromatic N) is 1. The number of fused-ring (bicyclic) bond motifs is 1. The molecule has 0 saturated heterocycles. The number of likely N-dealkylation sites (N-methyl/N-ethyl adjacent to an activating group) is 1. The van der Waals surface area contributed by atoms with Crippen LogP contribution in [0.3, 0.4) is 0 Å². The molecule has 0 bridgehead atoms. The first-order valence-electron chi connectivity index (χ1n) is 13.3. The third kappa shape index (κ3) is 6.28. The lowest BCUT2D eigenvalue weighted by molar-refractivity contribution is -0.136. The molecule has 0 saturated carbocycles. The van der Waals surface area contributed by atoms with Gasteiger partial charge in [0.15, 0.2) is 0 Å². The van der Waals surface area contributed by atoms with Gasteiger partial charge in [-0.05, 0) is 51.6 Å². The SMILES string of the molecule is CN(CCOC(c1ccccc1)(c1ccccc1)c1ccccc1)C(=O)COCCc1ccc2ccsc2c1. The zero-order valence-electron chi connectivity index (χ0n) is 22.2. The minimum absolute atomic E-state index is 0.0545. The Balaban J connectivity index is 1.21. The van der Waals surface area contributed by atoms with E-state index >= 15 is 0 Å². The molecule has 1 amide bonds. The zero-order chi connectivity index (χ0) is 26.9. The standard InChI is InChI=1S/C34H33NO3S/c1-35(33(36)26-37-22-19-27-17-18-28-20-24-39-32(28)25-27)21-23-38-34(29-11-5-2-6-12-29,30-13-7-3-8-14-30)31-15-9-4-10-16-31/h2-18,20,24-25H,19,21-23,26H2,1H3.